The van der Waals surface area contributed by atoms with Crippen LogP contribution in [0, 0.1) is 23.2 Å². The minimum absolute atomic E-state index is 0.131. The van der Waals surface area contributed by atoms with Crippen LogP contribution in [0.5, 0.6) is 0 Å². The summed E-state index contributed by atoms with van der Waals surface area (Å²) in [7, 11) is 0. The van der Waals surface area contributed by atoms with Crippen molar-refractivity contribution in [2.24, 2.45) is 28.9 Å². The van der Waals surface area contributed by atoms with Crippen molar-refractivity contribution in [2.75, 3.05) is 6.54 Å². The molecular weight excluding hydrogens is 232 g/mol. The van der Waals surface area contributed by atoms with Crippen LogP contribution < -0.4 is 11.1 Å². The van der Waals surface area contributed by atoms with Crippen molar-refractivity contribution in [1.29, 1.82) is 0 Å². The van der Waals surface area contributed by atoms with Gasteiger partial charge in [0.1, 0.15) is 0 Å². The van der Waals surface area contributed by atoms with Crippen LogP contribution in [0.1, 0.15) is 33.1 Å². The van der Waals surface area contributed by atoms with Crippen LogP contribution in [0.4, 0.5) is 0 Å². The Labute approximate surface area is 107 Å². The Kier molecular flexibility index (Phi) is 3.36. The van der Waals surface area contributed by atoms with E-state index in [1.165, 1.54) is 0 Å². The predicted octanol–water partition coefficient (Wildman–Crippen LogP) is 0.587. The van der Waals surface area contributed by atoms with Crippen LogP contribution in [0.25, 0.3) is 0 Å². The first-order valence-corrected chi connectivity index (χ1v) is 6.60. The molecule has 2 aliphatic carbocycles. The van der Waals surface area contributed by atoms with E-state index >= 15 is 0 Å². The lowest BCUT2D eigenvalue weighted by atomic mass is 9.83. The fourth-order valence-corrected chi connectivity index (χ4v) is 3.29. The number of carboxylic acids is 1. The SMILES string of the molecule is CC(C)(CN)C(=O)NC1C2CCC(C2)C1C(=O)O. The molecule has 0 saturated heterocycles. The van der Waals surface area contributed by atoms with Crippen molar-refractivity contribution in [1.82, 2.24) is 5.32 Å². The van der Waals surface area contributed by atoms with E-state index in [1.807, 2.05) is 0 Å². The maximum atomic E-state index is 12.1. The van der Waals surface area contributed by atoms with Gasteiger partial charge in [0.2, 0.25) is 5.91 Å². The van der Waals surface area contributed by atoms with Gasteiger partial charge in [-0.2, -0.15) is 0 Å². The molecule has 1 amide bonds. The summed E-state index contributed by atoms with van der Waals surface area (Å²) >= 11 is 0. The van der Waals surface area contributed by atoms with Crippen LogP contribution in [0.15, 0.2) is 0 Å². The minimum Gasteiger partial charge on any atom is -0.481 e. The number of rotatable bonds is 4. The van der Waals surface area contributed by atoms with E-state index in [0.717, 1.165) is 19.3 Å². The van der Waals surface area contributed by atoms with Gasteiger partial charge in [0, 0.05) is 12.6 Å². The van der Waals surface area contributed by atoms with E-state index in [2.05, 4.69) is 5.32 Å². The van der Waals surface area contributed by atoms with Crippen LogP contribution in [0.2, 0.25) is 0 Å². The van der Waals surface area contributed by atoms with Gasteiger partial charge in [0.25, 0.3) is 0 Å². The van der Waals surface area contributed by atoms with Gasteiger partial charge in [-0.25, -0.2) is 0 Å². The second-order valence-electron chi connectivity index (χ2n) is 6.28. The number of carbonyl (C=O) groups is 2. The predicted molar refractivity (Wildman–Crippen MR) is 66.7 cm³/mol. The normalized spacial score (nSPS) is 34.6. The summed E-state index contributed by atoms with van der Waals surface area (Å²) in [5.74, 6) is -0.763. The van der Waals surface area contributed by atoms with Crippen molar-refractivity contribution in [3.05, 3.63) is 0 Å². The first kappa shape index (κ1) is 13.3. The van der Waals surface area contributed by atoms with Crippen LogP contribution in [-0.2, 0) is 9.59 Å². The standard InChI is InChI=1S/C13H22N2O3/c1-13(2,6-14)12(18)15-10-8-4-3-7(5-8)9(10)11(16)17/h7-10H,3-6,14H2,1-2H3,(H,15,18)(H,16,17). The molecule has 0 aromatic heterocycles. The molecule has 2 bridgehead atoms. The molecule has 18 heavy (non-hydrogen) atoms. The van der Waals surface area contributed by atoms with Gasteiger partial charge in [-0.05, 0) is 44.9 Å². The number of carbonyl (C=O) groups excluding carboxylic acids is 1. The molecule has 2 rings (SSSR count). The molecule has 5 heteroatoms. The number of nitrogens with one attached hydrogen (secondary N) is 1. The molecule has 0 spiro atoms. The van der Waals surface area contributed by atoms with Gasteiger partial charge < -0.3 is 16.2 Å². The lowest BCUT2D eigenvalue weighted by Gasteiger charge is -2.32. The van der Waals surface area contributed by atoms with Crippen molar-refractivity contribution < 1.29 is 14.7 Å². The molecule has 0 aromatic rings. The zero-order valence-electron chi connectivity index (χ0n) is 11.0. The quantitative estimate of drug-likeness (QED) is 0.684. The van der Waals surface area contributed by atoms with Gasteiger partial charge in [-0.1, -0.05) is 0 Å². The maximum absolute atomic E-state index is 12.1. The third-order valence-electron chi connectivity index (χ3n) is 4.62. The molecular formula is C13H22N2O3. The Morgan fingerprint density at radius 3 is 2.50 bits per heavy atom. The van der Waals surface area contributed by atoms with Gasteiger partial charge in [0.15, 0.2) is 0 Å². The molecule has 4 atom stereocenters. The summed E-state index contributed by atoms with van der Waals surface area (Å²) < 4.78 is 0. The molecule has 0 heterocycles. The van der Waals surface area contributed by atoms with E-state index in [1.54, 1.807) is 13.8 Å². The highest BCUT2D eigenvalue weighted by molar-refractivity contribution is 5.83. The number of aliphatic carboxylic acids is 1. The Balaban J connectivity index is 2.09. The zero-order chi connectivity index (χ0) is 13.5. The van der Waals surface area contributed by atoms with Crippen LogP contribution in [0.3, 0.4) is 0 Å². The highest BCUT2D eigenvalue weighted by Gasteiger charge is 2.52. The Morgan fingerprint density at radius 2 is 1.94 bits per heavy atom. The smallest absolute Gasteiger partial charge is 0.308 e. The van der Waals surface area contributed by atoms with Crippen LogP contribution in [-0.4, -0.2) is 29.6 Å². The van der Waals surface area contributed by atoms with Gasteiger partial charge in [0.05, 0.1) is 11.3 Å². The van der Waals surface area contributed by atoms with E-state index < -0.39 is 17.3 Å². The van der Waals surface area contributed by atoms with Gasteiger partial charge in [-0.3, -0.25) is 9.59 Å². The maximum Gasteiger partial charge on any atom is 0.308 e. The number of fused-ring (bicyclic) bond motifs is 2. The second kappa shape index (κ2) is 4.53. The minimum atomic E-state index is -0.780. The molecule has 4 unspecified atom stereocenters. The Morgan fingerprint density at radius 1 is 1.33 bits per heavy atom. The van der Waals surface area contributed by atoms with Gasteiger partial charge in [-0.15, -0.1) is 0 Å². The number of carboxylic acid groups (broad SMARTS) is 1. The van der Waals surface area contributed by atoms with E-state index in [4.69, 9.17) is 5.73 Å². The molecule has 2 aliphatic rings. The second-order valence-corrected chi connectivity index (χ2v) is 6.28. The average Bonchev–Trinajstić information content (AvgIpc) is 2.88. The summed E-state index contributed by atoms with van der Waals surface area (Å²) in [6, 6.07) is -0.209. The van der Waals surface area contributed by atoms with E-state index in [0.29, 0.717) is 5.92 Å². The number of amides is 1. The number of hydrogen-bond acceptors (Lipinski definition) is 3. The first-order valence-electron chi connectivity index (χ1n) is 6.60. The molecule has 2 saturated carbocycles. The summed E-state index contributed by atoms with van der Waals surface area (Å²) in [4.78, 5) is 23.4. The van der Waals surface area contributed by atoms with E-state index in [-0.39, 0.29) is 24.4 Å². The van der Waals surface area contributed by atoms with Gasteiger partial charge >= 0.3 is 5.97 Å². The average molecular weight is 254 g/mol. The van der Waals surface area contributed by atoms with Crippen molar-refractivity contribution in [2.45, 2.75) is 39.2 Å². The lowest BCUT2D eigenvalue weighted by Crippen LogP contribution is -2.52. The monoisotopic (exact) mass is 254 g/mol. The fourth-order valence-electron chi connectivity index (χ4n) is 3.29. The largest absolute Gasteiger partial charge is 0.481 e. The summed E-state index contributed by atoms with van der Waals surface area (Å²) in [5, 5.41) is 12.2. The van der Waals surface area contributed by atoms with Crippen molar-refractivity contribution in [3.8, 4) is 0 Å². The molecule has 4 N–H and O–H groups in total. The molecule has 0 aromatic carbocycles. The lowest BCUT2D eigenvalue weighted by molar-refractivity contribution is -0.145. The molecule has 0 radical (unpaired) electrons. The molecule has 2 fully saturated rings. The van der Waals surface area contributed by atoms with Crippen molar-refractivity contribution in [3.63, 3.8) is 0 Å². The third-order valence-corrected chi connectivity index (χ3v) is 4.62. The van der Waals surface area contributed by atoms with E-state index in [9.17, 15) is 14.7 Å². The summed E-state index contributed by atoms with van der Waals surface area (Å²) in [6.45, 7) is 3.83. The highest BCUT2D eigenvalue weighted by Crippen LogP contribution is 2.48. The topological polar surface area (TPSA) is 92.4 Å². The zero-order valence-corrected chi connectivity index (χ0v) is 11.0. The Hall–Kier alpha value is -1.10. The first-order chi connectivity index (χ1) is 8.36. The van der Waals surface area contributed by atoms with Crippen molar-refractivity contribution >= 4 is 11.9 Å². The fraction of sp³-hybridized carbons (Fsp3) is 0.846. The number of hydrogen-bond donors (Lipinski definition) is 3. The summed E-state index contributed by atoms with van der Waals surface area (Å²) in [5.41, 5.74) is 4.94. The van der Waals surface area contributed by atoms with Crippen LogP contribution >= 0.6 is 0 Å². The molecule has 5 nitrogen and oxygen atoms in total. The molecule has 0 aliphatic heterocycles. The highest BCUT2D eigenvalue weighted by atomic mass is 16.4. The number of nitrogens with two attached hydrogens (primary N) is 1. The Bertz CT molecular complexity index is 367. The third kappa shape index (κ3) is 2.11. The summed E-state index contributed by atoms with van der Waals surface area (Å²) in [6.07, 6.45) is 2.95. The molecule has 102 valence electrons.